The summed E-state index contributed by atoms with van der Waals surface area (Å²) in [6.45, 7) is 1.27. The van der Waals surface area contributed by atoms with Crippen molar-refractivity contribution in [2.24, 2.45) is 0 Å². The van der Waals surface area contributed by atoms with Crippen LogP contribution in [0.3, 0.4) is 0 Å². The Kier molecular flexibility index (Phi) is 2.03. The number of nitrogens with zero attached hydrogens (tertiary/aromatic N) is 1. The first kappa shape index (κ1) is 7.24. The zero-order valence-electron chi connectivity index (χ0n) is 5.66. The van der Waals surface area contributed by atoms with Gasteiger partial charge in [0.1, 0.15) is 12.3 Å². The van der Waals surface area contributed by atoms with Crippen LogP contribution in [0, 0.1) is 6.92 Å². The maximum Gasteiger partial charge on any atom is 0.191 e. The summed E-state index contributed by atoms with van der Waals surface area (Å²) in [6.07, 6.45) is 0. The minimum absolute atomic E-state index is 0.187. The summed E-state index contributed by atoms with van der Waals surface area (Å²) < 4.78 is 4.93. The Hall–Kier alpha value is -0.870. The van der Waals surface area contributed by atoms with E-state index >= 15 is 0 Å². The van der Waals surface area contributed by atoms with Crippen molar-refractivity contribution in [3.63, 3.8) is 0 Å². The van der Waals surface area contributed by atoms with Crippen LogP contribution in [0.2, 0.25) is 0 Å². The molecule has 56 valence electrons. The number of aromatic nitrogens is 1. The lowest BCUT2D eigenvalue weighted by molar-refractivity contribution is 0.231. The number of aliphatic hydroxyl groups excluding tert-OH is 2. The van der Waals surface area contributed by atoms with Gasteiger partial charge in [-0.25, -0.2) is 4.98 Å². The predicted octanol–water partition coefficient (Wildman–Crippen LogP) is -0.0324. The number of aliphatic hydroxyl groups is 2. The van der Waals surface area contributed by atoms with Crippen LogP contribution in [0.25, 0.3) is 0 Å². The van der Waals surface area contributed by atoms with Crippen LogP contribution in [0.15, 0.2) is 4.42 Å². The van der Waals surface area contributed by atoms with E-state index in [0.29, 0.717) is 17.3 Å². The van der Waals surface area contributed by atoms with E-state index < -0.39 is 0 Å². The van der Waals surface area contributed by atoms with E-state index in [4.69, 9.17) is 14.6 Å². The van der Waals surface area contributed by atoms with Gasteiger partial charge in [-0.2, -0.15) is 0 Å². The fourth-order valence-corrected chi connectivity index (χ4v) is 0.759. The van der Waals surface area contributed by atoms with Crippen LogP contribution in [-0.2, 0) is 13.2 Å². The molecule has 0 aliphatic carbocycles. The van der Waals surface area contributed by atoms with Gasteiger partial charge in [0.05, 0.1) is 6.61 Å². The molecule has 0 aliphatic heterocycles. The summed E-state index contributed by atoms with van der Waals surface area (Å²) in [4.78, 5) is 3.82. The Bertz CT molecular complexity index is 197. The zero-order chi connectivity index (χ0) is 7.56. The molecule has 0 amide bonds. The van der Waals surface area contributed by atoms with E-state index in [-0.39, 0.29) is 13.2 Å². The summed E-state index contributed by atoms with van der Waals surface area (Å²) in [5.41, 5.74) is 0.417. The van der Waals surface area contributed by atoms with Crippen molar-refractivity contribution in [1.29, 1.82) is 0 Å². The normalized spacial score (nSPS) is 10.3. The van der Waals surface area contributed by atoms with Crippen molar-refractivity contribution >= 4 is 0 Å². The molecule has 1 heterocycles. The molecule has 0 atom stereocenters. The molecule has 1 aromatic rings. The second-order valence-corrected chi connectivity index (χ2v) is 1.92. The van der Waals surface area contributed by atoms with Gasteiger partial charge in [0.25, 0.3) is 0 Å². The molecule has 0 aliphatic rings. The maximum atomic E-state index is 8.63. The van der Waals surface area contributed by atoms with Crippen LogP contribution >= 0.6 is 0 Å². The fraction of sp³-hybridized carbons (Fsp3) is 0.500. The van der Waals surface area contributed by atoms with Gasteiger partial charge in [-0.15, -0.1) is 0 Å². The molecular formula is C6H9NO3. The molecule has 4 nitrogen and oxygen atoms in total. The molecular weight excluding hydrogens is 134 g/mol. The van der Waals surface area contributed by atoms with Gasteiger partial charge in [0.2, 0.25) is 0 Å². The highest BCUT2D eigenvalue weighted by Crippen LogP contribution is 2.09. The van der Waals surface area contributed by atoms with E-state index in [1.54, 1.807) is 6.92 Å². The maximum absolute atomic E-state index is 8.63. The second-order valence-electron chi connectivity index (χ2n) is 1.92. The standard InChI is InChI=1S/C6H9NO3/c1-4-7-5(2-8)6(3-9)10-4/h8-9H,2-3H2,1H3. The number of hydrogen-bond donors (Lipinski definition) is 2. The van der Waals surface area contributed by atoms with E-state index in [9.17, 15) is 0 Å². The molecule has 10 heavy (non-hydrogen) atoms. The molecule has 0 bridgehead atoms. The summed E-state index contributed by atoms with van der Waals surface area (Å²) in [5, 5.41) is 17.2. The fourth-order valence-electron chi connectivity index (χ4n) is 0.759. The van der Waals surface area contributed by atoms with Gasteiger partial charge < -0.3 is 14.6 Å². The average Bonchev–Trinajstić information content (AvgIpc) is 2.30. The first-order valence-corrected chi connectivity index (χ1v) is 2.95. The van der Waals surface area contributed by atoms with Gasteiger partial charge in [0, 0.05) is 6.92 Å². The summed E-state index contributed by atoms with van der Waals surface area (Å²) >= 11 is 0. The lowest BCUT2D eigenvalue weighted by Crippen LogP contribution is -1.89. The molecule has 2 N–H and O–H groups in total. The minimum Gasteiger partial charge on any atom is -0.443 e. The first-order valence-electron chi connectivity index (χ1n) is 2.95. The first-order chi connectivity index (χ1) is 4.77. The van der Waals surface area contributed by atoms with E-state index in [1.165, 1.54) is 0 Å². The van der Waals surface area contributed by atoms with Gasteiger partial charge in [-0.3, -0.25) is 0 Å². The van der Waals surface area contributed by atoms with Crippen molar-refractivity contribution in [2.45, 2.75) is 20.1 Å². The van der Waals surface area contributed by atoms with Crippen molar-refractivity contribution in [2.75, 3.05) is 0 Å². The molecule has 0 saturated heterocycles. The third-order valence-electron chi connectivity index (χ3n) is 1.18. The molecule has 0 spiro atoms. The highest BCUT2D eigenvalue weighted by atomic mass is 16.4. The Morgan fingerprint density at radius 3 is 2.50 bits per heavy atom. The quantitative estimate of drug-likeness (QED) is 0.610. The highest BCUT2D eigenvalue weighted by Gasteiger charge is 2.07. The third-order valence-corrected chi connectivity index (χ3v) is 1.18. The summed E-state index contributed by atoms with van der Waals surface area (Å²) in [7, 11) is 0. The Labute approximate surface area is 58.1 Å². The van der Waals surface area contributed by atoms with Gasteiger partial charge in [0.15, 0.2) is 11.7 Å². The van der Waals surface area contributed by atoms with Crippen LogP contribution in [0.5, 0.6) is 0 Å². The average molecular weight is 143 g/mol. The smallest absolute Gasteiger partial charge is 0.191 e. The molecule has 0 fully saturated rings. The van der Waals surface area contributed by atoms with Crippen LogP contribution in [-0.4, -0.2) is 15.2 Å². The largest absolute Gasteiger partial charge is 0.443 e. The molecule has 4 heteroatoms. The van der Waals surface area contributed by atoms with Gasteiger partial charge in [-0.05, 0) is 0 Å². The molecule has 1 rings (SSSR count). The molecule has 0 saturated carbocycles. The lowest BCUT2D eigenvalue weighted by Gasteiger charge is -1.88. The van der Waals surface area contributed by atoms with Gasteiger partial charge >= 0.3 is 0 Å². The monoisotopic (exact) mass is 143 g/mol. The zero-order valence-corrected chi connectivity index (χ0v) is 5.66. The Balaban J connectivity index is 2.96. The van der Waals surface area contributed by atoms with Crippen molar-refractivity contribution < 1.29 is 14.6 Å². The van der Waals surface area contributed by atoms with Crippen LogP contribution < -0.4 is 0 Å². The van der Waals surface area contributed by atoms with E-state index in [0.717, 1.165) is 0 Å². The molecule has 0 unspecified atom stereocenters. The van der Waals surface area contributed by atoms with Crippen molar-refractivity contribution in [3.05, 3.63) is 17.3 Å². The second kappa shape index (κ2) is 2.81. The highest BCUT2D eigenvalue weighted by molar-refractivity contribution is 5.06. The number of hydrogen-bond acceptors (Lipinski definition) is 4. The molecule has 1 aromatic heterocycles. The van der Waals surface area contributed by atoms with Crippen LogP contribution in [0.4, 0.5) is 0 Å². The lowest BCUT2D eigenvalue weighted by atomic mass is 10.4. The number of oxazole rings is 1. The summed E-state index contributed by atoms with van der Waals surface area (Å²) in [6, 6.07) is 0. The number of aryl methyl sites for hydroxylation is 1. The minimum atomic E-state index is -0.212. The number of rotatable bonds is 2. The Morgan fingerprint density at radius 2 is 2.10 bits per heavy atom. The van der Waals surface area contributed by atoms with Crippen LogP contribution in [0.1, 0.15) is 17.3 Å². The predicted molar refractivity (Wildman–Crippen MR) is 33.1 cm³/mol. The SMILES string of the molecule is Cc1nc(CO)c(CO)o1. The summed E-state index contributed by atoms with van der Waals surface area (Å²) in [5.74, 6) is 0.813. The molecule has 0 radical (unpaired) electrons. The molecule has 0 aromatic carbocycles. The Morgan fingerprint density at radius 1 is 1.40 bits per heavy atom. The topological polar surface area (TPSA) is 66.5 Å². The van der Waals surface area contributed by atoms with Crippen molar-refractivity contribution in [1.82, 2.24) is 4.98 Å². The van der Waals surface area contributed by atoms with E-state index in [2.05, 4.69) is 4.98 Å². The third kappa shape index (κ3) is 1.17. The van der Waals surface area contributed by atoms with Gasteiger partial charge in [-0.1, -0.05) is 0 Å². The van der Waals surface area contributed by atoms with Crippen molar-refractivity contribution in [3.8, 4) is 0 Å². The van der Waals surface area contributed by atoms with E-state index in [1.807, 2.05) is 0 Å².